The van der Waals surface area contributed by atoms with E-state index in [9.17, 15) is 0 Å². The molecule has 3 aromatic rings. The summed E-state index contributed by atoms with van der Waals surface area (Å²) < 4.78 is 11.5. The molecule has 0 aliphatic heterocycles. The van der Waals surface area contributed by atoms with Gasteiger partial charge in [-0.1, -0.05) is 91.0 Å². The van der Waals surface area contributed by atoms with Crippen molar-refractivity contribution in [2.75, 3.05) is 0 Å². The molecular weight excluding hydrogens is 360 g/mol. The first kappa shape index (κ1) is 20.1. The first-order valence-corrected chi connectivity index (χ1v) is 9.46. The van der Waals surface area contributed by atoms with Crippen LogP contribution in [0.1, 0.15) is 16.7 Å². The molecule has 0 radical (unpaired) electrons. The molecule has 29 heavy (non-hydrogen) atoms. The highest BCUT2D eigenvalue weighted by atomic mass is 16.5. The third-order valence-electron chi connectivity index (χ3n) is 4.23. The van der Waals surface area contributed by atoms with Gasteiger partial charge >= 0.3 is 0 Å². The molecule has 0 fully saturated rings. The van der Waals surface area contributed by atoms with Gasteiger partial charge in [0.15, 0.2) is 5.76 Å². The molecule has 2 N–H and O–H groups in total. The van der Waals surface area contributed by atoms with E-state index >= 15 is 0 Å². The van der Waals surface area contributed by atoms with Gasteiger partial charge in [-0.15, -0.1) is 0 Å². The van der Waals surface area contributed by atoms with E-state index in [0.717, 1.165) is 16.7 Å². The molecular formula is C25H24N2O2. The number of nitrogens with one attached hydrogen (secondary N) is 2. The highest BCUT2D eigenvalue weighted by Gasteiger charge is 2.11. The summed E-state index contributed by atoms with van der Waals surface area (Å²) in [7, 11) is 0. The SMILES string of the molecule is N=C(/C=C(/OCc1ccccc1)C(=N)OCc1ccccc1)Cc1ccccc1. The maximum Gasteiger partial charge on any atom is 0.249 e. The van der Waals surface area contributed by atoms with Crippen molar-refractivity contribution in [3.8, 4) is 0 Å². The van der Waals surface area contributed by atoms with E-state index in [1.54, 1.807) is 6.08 Å². The fourth-order valence-corrected chi connectivity index (χ4v) is 2.73. The van der Waals surface area contributed by atoms with Crippen LogP contribution in [0.15, 0.2) is 103 Å². The normalized spacial score (nSPS) is 11.0. The lowest BCUT2D eigenvalue weighted by Gasteiger charge is -2.13. The van der Waals surface area contributed by atoms with Gasteiger partial charge in [0.25, 0.3) is 0 Å². The van der Waals surface area contributed by atoms with E-state index in [2.05, 4.69) is 0 Å². The standard InChI is InChI=1S/C25H24N2O2/c26-23(16-20-10-4-1-5-11-20)17-24(28-18-21-12-6-2-7-13-21)25(27)29-19-22-14-8-3-9-15-22/h1-15,17,26-27H,16,18-19H2/b24-17+,26-23?,27-25?. The monoisotopic (exact) mass is 384 g/mol. The Hall–Kier alpha value is -3.66. The average Bonchev–Trinajstić information content (AvgIpc) is 2.77. The third-order valence-corrected chi connectivity index (χ3v) is 4.23. The van der Waals surface area contributed by atoms with Crippen LogP contribution >= 0.6 is 0 Å². The lowest BCUT2D eigenvalue weighted by atomic mass is 10.1. The summed E-state index contributed by atoms with van der Waals surface area (Å²) in [5, 5.41) is 16.6. The second-order valence-electron chi connectivity index (χ2n) is 6.57. The zero-order valence-electron chi connectivity index (χ0n) is 16.2. The number of benzene rings is 3. The van der Waals surface area contributed by atoms with Gasteiger partial charge in [-0.25, -0.2) is 0 Å². The first-order chi connectivity index (χ1) is 14.2. The molecule has 4 heteroatoms. The maximum atomic E-state index is 8.32. The number of hydrogen-bond donors (Lipinski definition) is 2. The lowest BCUT2D eigenvalue weighted by Crippen LogP contribution is -2.12. The van der Waals surface area contributed by atoms with Crippen molar-refractivity contribution in [3.05, 3.63) is 120 Å². The van der Waals surface area contributed by atoms with Crippen LogP contribution in [0.4, 0.5) is 0 Å². The minimum atomic E-state index is -0.0809. The Morgan fingerprint density at radius 2 is 1.07 bits per heavy atom. The van der Waals surface area contributed by atoms with E-state index in [1.807, 2.05) is 91.0 Å². The Bertz CT molecular complexity index is 952. The molecule has 146 valence electrons. The van der Waals surface area contributed by atoms with Crippen molar-refractivity contribution >= 4 is 11.6 Å². The molecule has 0 aromatic heterocycles. The Morgan fingerprint density at radius 3 is 1.59 bits per heavy atom. The molecule has 0 atom stereocenters. The minimum Gasteiger partial charge on any atom is -0.483 e. The molecule has 0 unspecified atom stereocenters. The predicted molar refractivity (Wildman–Crippen MR) is 116 cm³/mol. The van der Waals surface area contributed by atoms with Crippen LogP contribution in [0.5, 0.6) is 0 Å². The summed E-state index contributed by atoms with van der Waals surface area (Å²) in [6.07, 6.45) is 2.04. The van der Waals surface area contributed by atoms with Crippen LogP contribution in [0.2, 0.25) is 0 Å². The van der Waals surface area contributed by atoms with Crippen molar-refractivity contribution < 1.29 is 9.47 Å². The molecule has 4 nitrogen and oxygen atoms in total. The van der Waals surface area contributed by atoms with Crippen molar-refractivity contribution in [2.24, 2.45) is 0 Å². The van der Waals surface area contributed by atoms with Gasteiger partial charge in [0, 0.05) is 18.2 Å². The van der Waals surface area contributed by atoms with Crippen LogP contribution < -0.4 is 0 Å². The molecule has 0 heterocycles. The Balaban J connectivity index is 1.69. The van der Waals surface area contributed by atoms with E-state index in [-0.39, 0.29) is 18.3 Å². The second-order valence-corrected chi connectivity index (χ2v) is 6.57. The fourth-order valence-electron chi connectivity index (χ4n) is 2.73. The second kappa shape index (κ2) is 10.6. The van der Waals surface area contributed by atoms with Crippen LogP contribution in [-0.2, 0) is 29.1 Å². The summed E-state index contributed by atoms with van der Waals surface area (Å²) in [5.74, 6) is 0.174. The van der Waals surface area contributed by atoms with E-state index < -0.39 is 0 Å². The van der Waals surface area contributed by atoms with Gasteiger partial charge in [-0.05, 0) is 16.7 Å². The summed E-state index contributed by atoms with van der Waals surface area (Å²) >= 11 is 0. The van der Waals surface area contributed by atoms with E-state index in [1.165, 1.54) is 0 Å². The quantitative estimate of drug-likeness (QED) is 0.289. The van der Waals surface area contributed by atoms with Gasteiger partial charge in [-0.3, -0.25) is 5.41 Å². The highest BCUT2D eigenvalue weighted by Crippen LogP contribution is 2.12. The van der Waals surface area contributed by atoms with Crippen LogP contribution in [0.25, 0.3) is 0 Å². The van der Waals surface area contributed by atoms with Crippen molar-refractivity contribution in [1.82, 2.24) is 0 Å². The molecule has 3 aromatic carbocycles. The van der Waals surface area contributed by atoms with Crippen LogP contribution in [0.3, 0.4) is 0 Å². The number of rotatable bonds is 9. The number of allylic oxidation sites excluding steroid dienone is 1. The molecule has 0 bridgehead atoms. The molecule has 3 rings (SSSR count). The lowest BCUT2D eigenvalue weighted by molar-refractivity contribution is 0.191. The molecule has 0 amide bonds. The summed E-state index contributed by atoms with van der Waals surface area (Å²) in [5.41, 5.74) is 3.35. The first-order valence-electron chi connectivity index (χ1n) is 9.46. The Morgan fingerprint density at radius 1 is 0.621 bits per heavy atom. The summed E-state index contributed by atoms with van der Waals surface area (Å²) in [4.78, 5) is 0. The molecule has 0 aliphatic carbocycles. The van der Waals surface area contributed by atoms with Gasteiger partial charge < -0.3 is 14.9 Å². The van der Waals surface area contributed by atoms with Crippen molar-refractivity contribution in [3.63, 3.8) is 0 Å². The van der Waals surface area contributed by atoms with Gasteiger partial charge in [-0.2, -0.15) is 0 Å². The zero-order valence-corrected chi connectivity index (χ0v) is 16.2. The fraction of sp³-hybridized carbons (Fsp3) is 0.120. The zero-order chi connectivity index (χ0) is 20.3. The highest BCUT2D eigenvalue weighted by molar-refractivity contribution is 6.01. The van der Waals surface area contributed by atoms with E-state index in [0.29, 0.717) is 18.7 Å². The molecule has 0 spiro atoms. The van der Waals surface area contributed by atoms with Gasteiger partial charge in [0.05, 0.1) is 0 Å². The minimum absolute atomic E-state index is 0.0809. The topological polar surface area (TPSA) is 66.2 Å². The number of hydrogen-bond acceptors (Lipinski definition) is 4. The molecule has 0 aliphatic rings. The predicted octanol–water partition coefficient (Wildman–Crippen LogP) is 5.54. The van der Waals surface area contributed by atoms with Gasteiger partial charge in [0.2, 0.25) is 5.90 Å². The summed E-state index contributed by atoms with van der Waals surface area (Å²) in [6, 6.07) is 29.2. The smallest absolute Gasteiger partial charge is 0.249 e. The molecule has 0 saturated heterocycles. The Labute approximate surface area is 171 Å². The maximum absolute atomic E-state index is 8.32. The summed E-state index contributed by atoms with van der Waals surface area (Å²) in [6.45, 7) is 0.583. The molecule has 0 saturated carbocycles. The van der Waals surface area contributed by atoms with Crippen LogP contribution in [-0.4, -0.2) is 11.6 Å². The van der Waals surface area contributed by atoms with Crippen molar-refractivity contribution in [1.29, 1.82) is 10.8 Å². The van der Waals surface area contributed by atoms with Crippen molar-refractivity contribution in [2.45, 2.75) is 19.6 Å². The third kappa shape index (κ3) is 6.78. The van der Waals surface area contributed by atoms with E-state index in [4.69, 9.17) is 20.3 Å². The van der Waals surface area contributed by atoms with Crippen LogP contribution in [0, 0.1) is 10.8 Å². The Kier molecular flexibility index (Phi) is 7.35. The average molecular weight is 384 g/mol. The number of ether oxygens (including phenoxy) is 2. The van der Waals surface area contributed by atoms with Gasteiger partial charge in [0.1, 0.15) is 13.2 Å². The largest absolute Gasteiger partial charge is 0.483 e.